The van der Waals surface area contributed by atoms with Crippen LogP contribution in [0.3, 0.4) is 0 Å². The summed E-state index contributed by atoms with van der Waals surface area (Å²) in [6.07, 6.45) is 6.71. The Bertz CT molecular complexity index is 266. The summed E-state index contributed by atoms with van der Waals surface area (Å²) >= 11 is 0. The molecule has 1 amide bonds. The van der Waals surface area contributed by atoms with Crippen molar-refractivity contribution in [2.75, 3.05) is 19.6 Å². The molecule has 1 heterocycles. The summed E-state index contributed by atoms with van der Waals surface area (Å²) in [5.74, 6) is -0.153. The van der Waals surface area contributed by atoms with Crippen LogP contribution >= 0.6 is 0 Å². The van der Waals surface area contributed by atoms with E-state index in [-0.39, 0.29) is 5.91 Å². The Labute approximate surface area is 104 Å². The molecule has 1 saturated carbocycles. The van der Waals surface area contributed by atoms with Gasteiger partial charge in [0.25, 0.3) is 0 Å². The van der Waals surface area contributed by atoms with Crippen LogP contribution in [-0.4, -0.2) is 42.0 Å². The Balaban J connectivity index is 1.98. The molecule has 0 aromatic heterocycles. The van der Waals surface area contributed by atoms with Gasteiger partial charge in [-0.15, -0.1) is 0 Å². The summed E-state index contributed by atoms with van der Waals surface area (Å²) in [5.41, 5.74) is 5.22. The molecule has 4 nitrogen and oxygen atoms in total. The van der Waals surface area contributed by atoms with Gasteiger partial charge in [-0.1, -0.05) is 19.8 Å². The average Bonchev–Trinajstić information content (AvgIpc) is 2.82. The van der Waals surface area contributed by atoms with Crippen LogP contribution in [0.2, 0.25) is 0 Å². The number of nitrogens with zero attached hydrogens (tertiary/aromatic N) is 1. The van der Waals surface area contributed by atoms with Crippen molar-refractivity contribution in [3.8, 4) is 0 Å². The van der Waals surface area contributed by atoms with E-state index in [1.807, 2.05) is 0 Å². The van der Waals surface area contributed by atoms with E-state index in [4.69, 9.17) is 5.73 Å². The molecule has 0 atom stereocenters. The molecule has 2 aliphatic rings. The second-order valence-electron chi connectivity index (χ2n) is 5.51. The highest BCUT2D eigenvalue weighted by Crippen LogP contribution is 2.27. The number of amides is 1. The summed E-state index contributed by atoms with van der Waals surface area (Å²) in [6, 6.07) is 0.510. The van der Waals surface area contributed by atoms with Crippen LogP contribution in [0.25, 0.3) is 0 Å². The Morgan fingerprint density at radius 1 is 1.35 bits per heavy atom. The monoisotopic (exact) mass is 239 g/mol. The highest BCUT2D eigenvalue weighted by atomic mass is 16.1. The zero-order valence-corrected chi connectivity index (χ0v) is 10.9. The molecule has 2 rings (SSSR count). The van der Waals surface area contributed by atoms with Crippen molar-refractivity contribution in [1.82, 2.24) is 10.2 Å². The van der Waals surface area contributed by atoms with Gasteiger partial charge in [-0.05, 0) is 32.2 Å². The Kier molecular flexibility index (Phi) is 4.05. The van der Waals surface area contributed by atoms with E-state index in [2.05, 4.69) is 17.1 Å². The number of hydrogen-bond donors (Lipinski definition) is 2. The number of piperidine rings is 1. The zero-order valence-electron chi connectivity index (χ0n) is 10.9. The Morgan fingerprint density at radius 3 is 2.41 bits per heavy atom. The molecule has 1 aliphatic heterocycles. The van der Waals surface area contributed by atoms with Crippen molar-refractivity contribution < 1.29 is 4.79 Å². The minimum atomic E-state index is -0.430. The third-order valence-electron chi connectivity index (χ3n) is 4.46. The fourth-order valence-electron chi connectivity index (χ4n) is 3.17. The van der Waals surface area contributed by atoms with E-state index < -0.39 is 5.54 Å². The minimum absolute atomic E-state index is 0.153. The predicted molar refractivity (Wildman–Crippen MR) is 68.7 cm³/mol. The van der Waals surface area contributed by atoms with Gasteiger partial charge >= 0.3 is 0 Å². The lowest BCUT2D eigenvalue weighted by Crippen LogP contribution is -2.62. The van der Waals surface area contributed by atoms with Gasteiger partial charge in [0, 0.05) is 19.1 Å². The highest BCUT2D eigenvalue weighted by Gasteiger charge is 2.41. The lowest BCUT2D eigenvalue weighted by atomic mass is 9.85. The van der Waals surface area contributed by atoms with Crippen LogP contribution in [0.4, 0.5) is 0 Å². The van der Waals surface area contributed by atoms with Gasteiger partial charge in [-0.2, -0.15) is 0 Å². The Morgan fingerprint density at radius 2 is 1.94 bits per heavy atom. The minimum Gasteiger partial charge on any atom is -0.368 e. The lowest BCUT2D eigenvalue weighted by Gasteiger charge is -2.41. The molecule has 4 heteroatoms. The second kappa shape index (κ2) is 5.36. The first-order valence-electron chi connectivity index (χ1n) is 6.96. The second-order valence-corrected chi connectivity index (χ2v) is 5.51. The molecule has 1 aliphatic carbocycles. The van der Waals surface area contributed by atoms with Gasteiger partial charge < -0.3 is 16.0 Å². The molecule has 0 unspecified atom stereocenters. The van der Waals surface area contributed by atoms with E-state index >= 15 is 0 Å². The van der Waals surface area contributed by atoms with E-state index in [1.54, 1.807) is 0 Å². The number of primary amides is 1. The number of likely N-dealkylation sites (tertiary alicyclic amines) is 1. The van der Waals surface area contributed by atoms with Gasteiger partial charge in [-0.25, -0.2) is 0 Å². The number of nitrogens with one attached hydrogen (secondary N) is 1. The van der Waals surface area contributed by atoms with Gasteiger partial charge in [0.15, 0.2) is 0 Å². The van der Waals surface area contributed by atoms with Crippen LogP contribution < -0.4 is 11.1 Å². The topological polar surface area (TPSA) is 58.4 Å². The maximum Gasteiger partial charge on any atom is 0.237 e. The summed E-state index contributed by atoms with van der Waals surface area (Å²) in [5, 5.41) is 3.57. The highest BCUT2D eigenvalue weighted by molar-refractivity contribution is 5.84. The first-order valence-corrected chi connectivity index (χ1v) is 6.96. The Hall–Kier alpha value is -0.610. The van der Waals surface area contributed by atoms with Crippen LogP contribution in [-0.2, 0) is 4.79 Å². The summed E-state index contributed by atoms with van der Waals surface area (Å²) in [6.45, 7) is 5.21. The van der Waals surface area contributed by atoms with Crippen LogP contribution in [0.5, 0.6) is 0 Å². The number of nitrogens with two attached hydrogens (primary N) is 1. The number of carbonyl (C=O) groups is 1. The smallest absolute Gasteiger partial charge is 0.237 e. The maximum atomic E-state index is 11.8. The summed E-state index contributed by atoms with van der Waals surface area (Å²) < 4.78 is 0. The van der Waals surface area contributed by atoms with Crippen molar-refractivity contribution in [3.63, 3.8) is 0 Å². The van der Waals surface area contributed by atoms with Gasteiger partial charge in [-0.3, -0.25) is 4.79 Å². The summed E-state index contributed by atoms with van der Waals surface area (Å²) in [7, 11) is 0. The van der Waals surface area contributed by atoms with Gasteiger partial charge in [0.1, 0.15) is 5.54 Å². The predicted octanol–water partition coefficient (Wildman–Crippen LogP) is 0.858. The van der Waals surface area contributed by atoms with Crippen molar-refractivity contribution in [2.45, 2.75) is 57.0 Å². The van der Waals surface area contributed by atoms with Gasteiger partial charge in [0.2, 0.25) is 5.91 Å². The lowest BCUT2D eigenvalue weighted by molar-refractivity contribution is -0.126. The molecule has 17 heavy (non-hydrogen) atoms. The van der Waals surface area contributed by atoms with Crippen LogP contribution in [0.15, 0.2) is 0 Å². The molecule has 0 radical (unpaired) electrons. The van der Waals surface area contributed by atoms with Gasteiger partial charge in [0.05, 0.1) is 0 Å². The average molecular weight is 239 g/mol. The number of carbonyl (C=O) groups excluding carboxylic acids is 1. The largest absolute Gasteiger partial charge is 0.368 e. The molecule has 0 spiro atoms. The SMILES string of the molecule is CCN1CCC(NC2CCCC2)(C(N)=O)CC1. The molecule has 0 bridgehead atoms. The van der Waals surface area contributed by atoms with E-state index in [0.717, 1.165) is 32.5 Å². The number of hydrogen-bond acceptors (Lipinski definition) is 3. The van der Waals surface area contributed by atoms with Crippen molar-refractivity contribution in [3.05, 3.63) is 0 Å². The van der Waals surface area contributed by atoms with Crippen molar-refractivity contribution in [1.29, 1.82) is 0 Å². The third-order valence-corrected chi connectivity index (χ3v) is 4.46. The fourth-order valence-corrected chi connectivity index (χ4v) is 3.17. The molecular weight excluding hydrogens is 214 g/mol. The van der Waals surface area contributed by atoms with E-state index in [0.29, 0.717) is 6.04 Å². The molecular formula is C13H25N3O. The molecule has 98 valence electrons. The van der Waals surface area contributed by atoms with Crippen molar-refractivity contribution >= 4 is 5.91 Å². The maximum absolute atomic E-state index is 11.8. The van der Waals surface area contributed by atoms with E-state index in [1.165, 1.54) is 25.7 Å². The third kappa shape index (κ3) is 2.80. The van der Waals surface area contributed by atoms with Crippen LogP contribution in [0, 0.1) is 0 Å². The van der Waals surface area contributed by atoms with Crippen molar-refractivity contribution in [2.24, 2.45) is 5.73 Å². The van der Waals surface area contributed by atoms with E-state index in [9.17, 15) is 4.79 Å². The molecule has 0 aromatic carbocycles. The number of rotatable bonds is 4. The molecule has 0 aromatic rings. The zero-order chi connectivity index (χ0) is 12.3. The molecule has 1 saturated heterocycles. The first kappa shape index (κ1) is 12.8. The van der Waals surface area contributed by atoms with Crippen LogP contribution in [0.1, 0.15) is 45.4 Å². The first-order chi connectivity index (χ1) is 8.16. The normalized spacial score (nSPS) is 26.2. The standard InChI is InChI=1S/C13H25N3O/c1-2-16-9-7-13(8-10-16,12(14)17)15-11-5-3-4-6-11/h11,15H,2-10H2,1H3,(H2,14,17). The quantitative estimate of drug-likeness (QED) is 0.765. The molecule has 2 fully saturated rings. The summed E-state index contributed by atoms with van der Waals surface area (Å²) in [4.78, 5) is 14.2. The molecule has 3 N–H and O–H groups in total. The fraction of sp³-hybridized carbons (Fsp3) is 0.923.